The molecule has 4 nitrogen and oxygen atoms in total. The first-order valence-electron chi connectivity index (χ1n) is 6.55. The highest BCUT2D eigenvalue weighted by molar-refractivity contribution is 6.30. The molecule has 0 aromatic carbocycles. The van der Waals surface area contributed by atoms with E-state index in [2.05, 4.69) is 21.8 Å². The lowest BCUT2D eigenvalue weighted by atomic mass is 9.92. The molecule has 5 heteroatoms. The Labute approximate surface area is 113 Å². The minimum absolute atomic E-state index is 0.216. The minimum Gasteiger partial charge on any atom is -0.393 e. The van der Waals surface area contributed by atoms with Crippen molar-refractivity contribution in [2.75, 3.05) is 18.0 Å². The zero-order chi connectivity index (χ0) is 13.1. The molecule has 1 aliphatic heterocycles. The van der Waals surface area contributed by atoms with E-state index in [0.717, 1.165) is 43.7 Å². The van der Waals surface area contributed by atoms with E-state index in [0.29, 0.717) is 11.1 Å². The average molecular weight is 270 g/mol. The number of hydrogen-bond donors (Lipinski definition) is 1. The van der Waals surface area contributed by atoms with Gasteiger partial charge in [0.1, 0.15) is 17.3 Å². The summed E-state index contributed by atoms with van der Waals surface area (Å²) in [5.74, 6) is 1.37. The molecule has 1 N–H and O–H groups in total. The van der Waals surface area contributed by atoms with Crippen LogP contribution in [0.4, 0.5) is 5.82 Å². The van der Waals surface area contributed by atoms with Crippen molar-refractivity contribution in [3.8, 4) is 0 Å². The number of anilines is 1. The van der Waals surface area contributed by atoms with Gasteiger partial charge in [-0.2, -0.15) is 0 Å². The average Bonchev–Trinajstić information content (AvgIpc) is 2.38. The highest BCUT2D eigenvalue weighted by atomic mass is 35.5. The van der Waals surface area contributed by atoms with Crippen LogP contribution in [0, 0.1) is 5.92 Å². The first-order chi connectivity index (χ1) is 8.63. The Morgan fingerprint density at radius 2 is 2.11 bits per heavy atom. The molecule has 1 fully saturated rings. The van der Waals surface area contributed by atoms with Crippen LogP contribution >= 0.6 is 11.6 Å². The lowest BCUT2D eigenvalue weighted by molar-refractivity contribution is 0.109. The van der Waals surface area contributed by atoms with Gasteiger partial charge in [-0.3, -0.25) is 0 Å². The Kier molecular flexibility index (Phi) is 4.40. The van der Waals surface area contributed by atoms with Gasteiger partial charge in [-0.05, 0) is 32.1 Å². The van der Waals surface area contributed by atoms with E-state index >= 15 is 0 Å². The van der Waals surface area contributed by atoms with Gasteiger partial charge in [-0.1, -0.05) is 18.5 Å². The summed E-state index contributed by atoms with van der Waals surface area (Å²) in [7, 11) is 0. The molecule has 0 amide bonds. The Hall–Kier alpha value is -0.870. The molecule has 1 aromatic heterocycles. The van der Waals surface area contributed by atoms with Crippen molar-refractivity contribution in [3.63, 3.8) is 0 Å². The number of aliphatic hydroxyl groups excluding tert-OH is 1. The topological polar surface area (TPSA) is 49.2 Å². The molecule has 1 saturated heterocycles. The van der Waals surface area contributed by atoms with Gasteiger partial charge in [-0.25, -0.2) is 9.97 Å². The highest BCUT2D eigenvalue weighted by Crippen LogP contribution is 2.28. The molecule has 0 bridgehead atoms. The standard InChI is InChI=1S/C13H20ClN3O/c1-3-11-12(14)15-8-16-13(11)17-6-4-10(5-7-17)9(2)18/h8-10,18H,3-7H2,1-2H3. The number of halogens is 1. The van der Waals surface area contributed by atoms with Crippen LogP contribution in [0.2, 0.25) is 5.15 Å². The van der Waals surface area contributed by atoms with Crippen LogP contribution in [0.15, 0.2) is 6.33 Å². The molecule has 18 heavy (non-hydrogen) atoms. The molecule has 1 aromatic rings. The second kappa shape index (κ2) is 5.85. The second-order valence-corrected chi connectivity index (χ2v) is 5.24. The predicted molar refractivity (Wildman–Crippen MR) is 73.0 cm³/mol. The molecular weight excluding hydrogens is 250 g/mol. The van der Waals surface area contributed by atoms with Crippen LogP contribution in [0.1, 0.15) is 32.3 Å². The van der Waals surface area contributed by atoms with Gasteiger partial charge in [0, 0.05) is 18.7 Å². The predicted octanol–water partition coefficient (Wildman–Crippen LogP) is 2.29. The zero-order valence-electron chi connectivity index (χ0n) is 10.9. The van der Waals surface area contributed by atoms with E-state index in [-0.39, 0.29) is 6.10 Å². The molecule has 2 rings (SSSR count). The van der Waals surface area contributed by atoms with E-state index in [1.54, 1.807) is 0 Å². The number of rotatable bonds is 3. The number of aromatic nitrogens is 2. The van der Waals surface area contributed by atoms with Gasteiger partial charge in [0.05, 0.1) is 6.10 Å². The Bertz CT molecular complexity index is 403. The molecule has 1 atom stereocenters. The summed E-state index contributed by atoms with van der Waals surface area (Å²) < 4.78 is 0. The molecule has 0 saturated carbocycles. The smallest absolute Gasteiger partial charge is 0.137 e. The van der Waals surface area contributed by atoms with Gasteiger partial charge in [0.2, 0.25) is 0 Å². The quantitative estimate of drug-likeness (QED) is 0.856. The monoisotopic (exact) mass is 269 g/mol. The summed E-state index contributed by atoms with van der Waals surface area (Å²) in [4.78, 5) is 10.7. The maximum atomic E-state index is 9.61. The first-order valence-corrected chi connectivity index (χ1v) is 6.93. The van der Waals surface area contributed by atoms with E-state index in [1.807, 2.05) is 6.92 Å². The van der Waals surface area contributed by atoms with Crippen LogP contribution in [0.5, 0.6) is 0 Å². The van der Waals surface area contributed by atoms with Gasteiger partial charge in [0.15, 0.2) is 0 Å². The van der Waals surface area contributed by atoms with Crippen molar-refractivity contribution in [1.29, 1.82) is 0 Å². The fourth-order valence-electron chi connectivity index (χ4n) is 2.55. The lowest BCUT2D eigenvalue weighted by Gasteiger charge is -2.34. The molecule has 100 valence electrons. The SMILES string of the molecule is CCc1c(Cl)ncnc1N1CCC(C(C)O)CC1. The van der Waals surface area contributed by atoms with Gasteiger partial charge >= 0.3 is 0 Å². The Balaban J connectivity index is 2.12. The minimum atomic E-state index is -0.216. The summed E-state index contributed by atoms with van der Waals surface area (Å²) in [5, 5.41) is 10.2. The van der Waals surface area contributed by atoms with Crippen LogP contribution in [-0.2, 0) is 6.42 Å². The number of hydrogen-bond acceptors (Lipinski definition) is 4. The Morgan fingerprint density at radius 3 is 2.67 bits per heavy atom. The second-order valence-electron chi connectivity index (χ2n) is 4.89. The molecule has 0 spiro atoms. The molecular formula is C13H20ClN3O. The Morgan fingerprint density at radius 1 is 1.44 bits per heavy atom. The summed E-state index contributed by atoms with van der Waals surface area (Å²) in [5.41, 5.74) is 1.02. The van der Waals surface area contributed by atoms with Gasteiger partial charge < -0.3 is 10.0 Å². The third-order valence-corrected chi connectivity index (χ3v) is 4.07. The maximum absolute atomic E-state index is 9.61. The fourth-order valence-corrected chi connectivity index (χ4v) is 2.81. The first kappa shape index (κ1) is 13.6. The highest BCUT2D eigenvalue weighted by Gasteiger charge is 2.25. The van der Waals surface area contributed by atoms with E-state index in [9.17, 15) is 5.11 Å². The van der Waals surface area contributed by atoms with E-state index in [1.165, 1.54) is 6.33 Å². The van der Waals surface area contributed by atoms with Crippen LogP contribution in [-0.4, -0.2) is 34.3 Å². The number of piperidine rings is 1. The normalized spacial score (nSPS) is 19.0. The summed E-state index contributed by atoms with van der Waals surface area (Å²) in [6, 6.07) is 0. The van der Waals surface area contributed by atoms with Gasteiger partial charge in [0.25, 0.3) is 0 Å². The molecule has 1 unspecified atom stereocenters. The number of nitrogens with zero attached hydrogens (tertiary/aromatic N) is 3. The van der Waals surface area contributed by atoms with Crippen molar-refractivity contribution in [2.24, 2.45) is 5.92 Å². The molecule has 1 aliphatic rings. The van der Waals surface area contributed by atoms with Crippen molar-refractivity contribution < 1.29 is 5.11 Å². The summed E-state index contributed by atoms with van der Waals surface area (Å²) in [6.07, 6.45) is 4.15. The third-order valence-electron chi connectivity index (χ3n) is 3.74. The third kappa shape index (κ3) is 2.75. The summed E-state index contributed by atoms with van der Waals surface area (Å²) >= 11 is 6.11. The summed E-state index contributed by atoms with van der Waals surface area (Å²) in [6.45, 7) is 5.79. The zero-order valence-corrected chi connectivity index (χ0v) is 11.7. The molecule has 0 aliphatic carbocycles. The molecule has 2 heterocycles. The van der Waals surface area contributed by atoms with E-state index < -0.39 is 0 Å². The van der Waals surface area contributed by atoms with Crippen molar-refractivity contribution >= 4 is 17.4 Å². The number of aliphatic hydroxyl groups is 1. The van der Waals surface area contributed by atoms with Crippen LogP contribution in [0.3, 0.4) is 0 Å². The van der Waals surface area contributed by atoms with E-state index in [4.69, 9.17) is 11.6 Å². The largest absolute Gasteiger partial charge is 0.393 e. The fraction of sp³-hybridized carbons (Fsp3) is 0.692. The van der Waals surface area contributed by atoms with Crippen LogP contribution < -0.4 is 4.90 Å². The maximum Gasteiger partial charge on any atom is 0.137 e. The van der Waals surface area contributed by atoms with Crippen molar-refractivity contribution in [2.45, 2.75) is 39.2 Å². The van der Waals surface area contributed by atoms with Crippen molar-refractivity contribution in [3.05, 3.63) is 17.0 Å². The lowest BCUT2D eigenvalue weighted by Crippen LogP contribution is -2.38. The van der Waals surface area contributed by atoms with Gasteiger partial charge in [-0.15, -0.1) is 0 Å². The van der Waals surface area contributed by atoms with Crippen LogP contribution in [0.25, 0.3) is 0 Å². The van der Waals surface area contributed by atoms with Crippen molar-refractivity contribution in [1.82, 2.24) is 9.97 Å². The molecule has 0 radical (unpaired) electrons.